The second-order valence-corrected chi connectivity index (χ2v) is 11.2. The van der Waals surface area contributed by atoms with Crippen LogP contribution in [0.1, 0.15) is 39.7 Å². The predicted molar refractivity (Wildman–Crippen MR) is 153 cm³/mol. The van der Waals surface area contributed by atoms with Crippen molar-refractivity contribution in [1.82, 2.24) is 9.55 Å². The van der Waals surface area contributed by atoms with Gasteiger partial charge in [0.25, 0.3) is 5.56 Å². The Morgan fingerprint density at radius 2 is 1.92 bits per heavy atom. The van der Waals surface area contributed by atoms with Crippen molar-refractivity contribution >= 4 is 62.5 Å². The molecule has 2 aromatic heterocycles. The van der Waals surface area contributed by atoms with Crippen LogP contribution < -0.4 is 10.5 Å². The first-order valence-electron chi connectivity index (χ1n) is 12.3. The summed E-state index contributed by atoms with van der Waals surface area (Å²) in [5, 5.41) is 1.31. The standard InChI is InChI=1S/C28H26ClN3O4S2/c1-3-36-27(35)24-17(2)23-25(38-24)30-28(32(26(23)34)15-19-10-4-6-12-20(19)29)37-16-22(33)31-14-8-11-18-9-5-7-13-21(18)31/h4-7,9-10,12-13H,3,8,11,14-16H2,1-2H3. The molecule has 7 nitrogen and oxygen atoms in total. The van der Waals surface area contributed by atoms with Gasteiger partial charge in [0, 0.05) is 17.3 Å². The highest BCUT2D eigenvalue weighted by Crippen LogP contribution is 2.32. The molecule has 0 unspecified atom stereocenters. The van der Waals surface area contributed by atoms with Crippen molar-refractivity contribution in [3.63, 3.8) is 0 Å². The molecule has 0 saturated heterocycles. The Bertz CT molecular complexity index is 1600. The summed E-state index contributed by atoms with van der Waals surface area (Å²) < 4.78 is 6.73. The van der Waals surface area contributed by atoms with Gasteiger partial charge in [-0.25, -0.2) is 9.78 Å². The van der Waals surface area contributed by atoms with Gasteiger partial charge in [-0.15, -0.1) is 11.3 Å². The first-order valence-corrected chi connectivity index (χ1v) is 14.5. The highest BCUT2D eigenvalue weighted by atomic mass is 35.5. The minimum Gasteiger partial charge on any atom is -0.462 e. The zero-order valence-corrected chi connectivity index (χ0v) is 23.4. The monoisotopic (exact) mass is 567 g/mol. The predicted octanol–water partition coefficient (Wildman–Crippen LogP) is 5.72. The summed E-state index contributed by atoms with van der Waals surface area (Å²) in [7, 11) is 0. The number of para-hydroxylation sites is 1. The molecule has 0 N–H and O–H groups in total. The Labute approximate surface area is 233 Å². The van der Waals surface area contributed by atoms with Crippen LogP contribution in [0.4, 0.5) is 5.69 Å². The van der Waals surface area contributed by atoms with Crippen molar-refractivity contribution in [3.8, 4) is 0 Å². The van der Waals surface area contributed by atoms with Gasteiger partial charge in [-0.1, -0.05) is 59.8 Å². The van der Waals surface area contributed by atoms with Crippen LogP contribution in [0.15, 0.2) is 58.5 Å². The number of amides is 1. The Morgan fingerprint density at radius 1 is 1.16 bits per heavy atom. The van der Waals surface area contributed by atoms with E-state index in [1.54, 1.807) is 24.5 Å². The lowest BCUT2D eigenvalue weighted by molar-refractivity contribution is -0.116. The Kier molecular flexibility index (Phi) is 7.88. The molecular weight excluding hydrogens is 542 g/mol. The quantitative estimate of drug-likeness (QED) is 0.161. The molecule has 0 fully saturated rings. The third kappa shape index (κ3) is 5.10. The molecule has 4 aromatic rings. The molecule has 0 bridgehead atoms. The van der Waals surface area contributed by atoms with Gasteiger partial charge in [-0.3, -0.25) is 14.2 Å². The summed E-state index contributed by atoms with van der Waals surface area (Å²) in [6, 6.07) is 15.3. The fourth-order valence-corrected chi connectivity index (χ4v) is 6.82. The number of fused-ring (bicyclic) bond motifs is 2. The van der Waals surface area contributed by atoms with Gasteiger partial charge in [0.05, 0.1) is 24.3 Å². The fourth-order valence-electron chi connectivity index (χ4n) is 4.63. The highest BCUT2D eigenvalue weighted by molar-refractivity contribution is 7.99. The molecule has 0 saturated carbocycles. The molecule has 0 spiro atoms. The van der Waals surface area contributed by atoms with Crippen LogP contribution >= 0.6 is 34.7 Å². The summed E-state index contributed by atoms with van der Waals surface area (Å²) in [5.41, 5.74) is 3.12. The number of halogens is 1. The largest absolute Gasteiger partial charge is 0.462 e. The van der Waals surface area contributed by atoms with E-state index in [1.807, 2.05) is 41.3 Å². The summed E-state index contributed by atoms with van der Waals surface area (Å²) in [4.78, 5) is 47.1. The maximum absolute atomic E-state index is 13.8. The molecule has 1 amide bonds. The SMILES string of the molecule is CCOC(=O)c1sc2nc(SCC(=O)N3CCCc4ccccc43)n(Cc3ccccc3Cl)c(=O)c2c1C. The number of aryl methyl sites for hydroxylation is 2. The van der Waals surface area contributed by atoms with Gasteiger partial charge >= 0.3 is 5.97 Å². The van der Waals surface area contributed by atoms with Crippen molar-refractivity contribution < 1.29 is 14.3 Å². The number of anilines is 1. The van der Waals surface area contributed by atoms with E-state index >= 15 is 0 Å². The van der Waals surface area contributed by atoms with Crippen molar-refractivity contribution in [2.75, 3.05) is 23.8 Å². The van der Waals surface area contributed by atoms with Gasteiger partial charge in [-0.05, 0) is 55.5 Å². The van der Waals surface area contributed by atoms with Gasteiger partial charge in [0.2, 0.25) is 5.91 Å². The Hall–Kier alpha value is -3.14. The molecule has 10 heteroatoms. The number of nitrogens with zero attached hydrogens (tertiary/aromatic N) is 3. The van der Waals surface area contributed by atoms with Gasteiger partial charge in [0.1, 0.15) is 9.71 Å². The van der Waals surface area contributed by atoms with Crippen LogP contribution in [0.25, 0.3) is 10.2 Å². The molecular formula is C28H26ClN3O4S2. The molecule has 196 valence electrons. The molecule has 5 rings (SSSR count). The molecule has 0 aliphatic carbocycles. The van der Waals surface area contributed by atoms with E-state index in [0.717, 1.165) is 41.0 Å². The number of esters is 1. The lowest BCUT2D eigenvalue weighted by Crippen LogP contribution is -2.36. The maximum Gasteiger partial charge on any atom is 0.348 e. The number of ether oxygens (including phenoxy) is 1. The van der Waals surface area contributed by atoms with Crippen molar-refractivity contribution in [2.24, 2.45) is 0 Å². The van der Waals surface area contributed by atoms with E-state index in [-0.39, 0.29) is 30.4 Å². The lowest BCUT2D eigenvalue weighted by Gasteiger charge is -2.29. The van der Waals surface area contributed by atoms with Gasteiger partial charge in [0.15, 0.2) is 5.16 Å². The smallest absolute Gasteiger partial charge is 0.348 e. The second kappa shape index (κ2) is 11.3. The zero-order chi connectivity index (χ0) is 26.8. The Balaban J connectivity index is 1.53. The first-order chi connectivity index (χ1) is 18.4. The van der Waals surface area contributed by atoms with E-state index in [0.29, 0.717) is 37.4 Å². The number of thioether (sulfide) groups is 1. The average molecular weight is 568 g/mol. The number of hydrogen-bond donors (Lipinski definition) is 0. The van der Waals surface area contributed by atoms with Crippen LogP contribution in [0.2, 0.25) is 5.02 Å². The van der Waals surface area contributed by atoms with Gasteiger partial charge in [-0.2, -0.15) is 0 Å². The number of hydrogen-bond acceptors (Lipinski definition) is 7. The average Bonchev–Trinajstić information content (AvgIpc) is 3.26. The lowest BCUT2D eigenvalue weighted by atomic mass is 10.0. The molecule has 0 atom stereocenters. The summed E-state index contributed by atoms with van der Waals surface area (Å²) in [6.45, 7) is 4.55. The maximum atomic E-state index is 13.8. The fraction of sp³-hybridized carbons (Fsp3) is 0.286. The first kappa shape index (κ1) is 26.5. The number of aromatic nitrogens is 2. The topological polar surface area (TPSA) is 81.5 Å². The number of thiophene rings is 1. The Morgan fingerprint density at radius 3 is 2.71 bits per heavy atom. The molecule has 38 heavy (non-hydrogen) atoms. The van der Waals surface area contributed by atoms with Crippen LogP contribution in [0, 0.1) is 6.92 Å². The normalized spacial score (nSPS) is 13.0. The van der Waals surface area contributed by atoms with E-state index in [2.05, 4.69) is 6.07 Å². The van der Waals surface area contributed by atoms with Crippen molar-refractivity contribution in [2.45, 2.75) is 38.4 Å². The van der Waals surface area contributed by atoms with E-state index < -0.39 is 5.97 Å². The van der Waals surface area contributed by atoms with Crippen molar-refractivity contribution in [3.05, 3.63) is 85.5 Å². The molecule has 0 radical (unpaired) electrons. The molecule has 1 aliphatic heterocycles. The van der Waals surface area contributed by atoms with Crippen LogP contribution in [0.5, 0.6) is 0 Å². The zero-order valence-electron chi connectivity index (χ0n) is 21.0. The highest BCUT2D eigenvalue weighted by Gasteiger charge is 2.25. The third-order valence-corrected chi connectivity index (χ3v) is 8.99. The van der Waals surface area contributed by atoms with E-state index in [1.165, 1.54) is 11.8 Å². The van der Waals surface area contributed by atoms with E-state index in [9.17, 15) is 14.4 Å². The third-order valence-electron chi connectivity index (χ3n) is 6.50. The summed E-state index contributed by atoms with van der Waals surface area (Å²) in [5.74, 6) is -0.405. The summed E-state index contributed by atoms with van der Waals surface area (Å²) in [6.07, 6.45) is 1.85. The number of rotatable bonds is 7. The summed E-state index contributed by atoms with van der Waals surface area (Å²) >= 11 is 8.78. The number of carbonyl (C=O) groups is 2. The minimum absolute atomic E-state index is 0.0460. The molecule has 1 aliphatic rings. The second-order valence-electron chi connectivity index (χ2n) is 8.90. The number of benzene rings is 2. The van der Waals surface area contributed by atoms with Crippen LogP contribution in [-0.2, 0) is 22.5 Å². The van der Waals surface area contributed by atoms with Gasteiger partial charge < -0.3 is 9.64 Å². The van der Waals surface area contributed by atoms with E-state index in [4.69, 9.17) is 21.3 Å². The molecule has 2 aromatic carbocycles. The molecule has 3 heterocycles. The number of carbonyl (C=O) groups excluding carboxylic acids is 2. The van der Waals surface area contributed by atoms with Crippen molar-refractivity contribution in [1.29, 1.82) is 0 Å². The minimum atomic E-state index is -0.474. The van der Waals surface area contributed by atoms with Crippen LogP contribution in [-0.4, -0.2) is 40.3 Å². The van der Waals surface area contributed by atoms with Crippen LogP contribution in [0.3, 0.4) is 0 Å².